The fourth-order valence-electron chi connectivity index (χ4n) is 4.60. The number of hydrogen-bond donors (Lipinski definition) is 3. The molecule has 1 aliphatic carbocycles. The van der Waals surface area contributed by atoms with Crippen LogP contribution >= 0.6 is 0 Å². The molecule has 3 aromatic heterocycles. The van der Waals surface area contributed by atoms with Crippen LogP contribution < -0.4 is 5.73 Å². The first-order valence-electron chi connectivity index (χ1n) is 11.0. The average molecular weight is 438 g/mol. The van der Waals surface area contributed by atoms with Crippen molar-refractivity contribution in [3.63, 3.8) is 0 Å². The number of rotatable bonds is 4. The molecule has 1 fully saturated rings. The maximum absolute atomic E-state index is 13.8. The number of phenols is 1. The molecule has 0 unspecified atom stereocenters. The number of anilines is 1. The minimum atomic E-state index is -0.231. The number of aromatic amines is 1. The second-order valence-corrected chi connectivity index (χ2v) is 8.81. The number of benzene rings is 2. The molecule has 5 aromatic rings. The van der Waals surface area contributed by atoms with Crippen LogP contribution in [-0.2, 0) is 0 Å². The Morgan fingerprint density at radius 3 is 2.73 bits per heavy atom. The molecule has 0 amide bonds. The maximum atomic E-state index is 13.8. The van der Waals surface area contributed by atoms with Gasteiger partial charge in [0.2, 0.25) is 5.78 Å². The summed E-state index contributed by atoms with van der Waals surface area (Å²) in [7, 11) is 0. The highest BCUT2D eigenvalue weighted by atomic mass is 16.3. The van der Waals surface area contributed by atoms with Gasteiger partial charge in [0.1, 0.15) is 17.1 Å². The van der Waals surface area contributed by atoms with Crippen LogP contribution in [0.1, 0.15) is 51.6 Å². The molecule has 4 N–H and O–H groups in total. The van der Waals surface area contributed by atoms with Gasteiger partial charge in [-0.3, -0.25) is 9.36 Å². The van der Waals surface area contributed by atoms with Gasteiger partial charge in [-0.1, -0.05) is 24.3 Å². The summed E-state index contributed by atoms with van der Waals surface area (Å²) in [5.74, 6) is 0.568. The minimum Gasteiger partial charge on any atom is -0.508 e. The highest BCUT2D eigenvalue weighted by molar-refractivity contribution is 6.19. The first-order valence-corrected chi connectivity index (χ1v) is 11.0. The molecule has 7 heteroatoms. The van der Waals surface area contributed by atoms with E-state index < -0.39 is 0 Å². The van der Waals surface area contributed by atoms with E-state index in [4.69, 9.17) is 15.7 Å². The van der Waals surface area contributed by atoms with Crippen LogP contribution in [0.15, 0.2) is 48.7 Å². The Morgan fingerprint density at radius 2 is 1.97 bits per heavy atom. The topological polar surface area (TPSA) is 110 Å². The zero-order valence-corrected chi connectivity index (χ0v) is 18.4. The maximum Gasteiger partial charge on any atom is 0.215 e. The summed E-state index contributed by atoms with van der Waals surface area (Å²) in [5.41, 5.74) is 12.5. The molecule has 0 aliphatic heterocycles. The molecule has 0 saturated heterocycles. The molecular formula is C26H23N5O2. The lowest BCUT2D eigenvalue weighted by molar-refractivity contribution is 0.103. The van der Waals surface area contributed by atoms with Gasteiger partial charge in [-0.25, -0.2) is 9.97 Å². The van der Waals surface area contributed by atoms with Gasteiger partial charge < -0.3 is 15.8 Å². The molecule has 7 nitrogen and oxygen atoms in total. The quantitative estimate of drug-likeness (QED) is 0.346. The van der Waals surface area contributed by atoms with Gasteiger partial charge in [0.15, 0.2) is 5.65 Å². The molecule has 3 heterocycles. The predicted molar refractivity (Wildman–Crippen MR) is 128 cm³/mol. The molecule has 0 bridgehead atoms. The number of nitrogens with two attached hydrogens (primary N) is 1. The third-order valence-corrected chi connectivity index (χ3v) is 6.54. The van der Waals surface area contributed by atoms with E-state index in [9.17, 15) is 9.90 Å². The number of nitrogens with one attached hydrogen (secondary N) is 1. The summed E-state index contributed by atoms with van der Waals surface area (Å²) >= 11 is 0. The van der Waals surface area contributed by atoms with E-state index in [0.29, 0.717) is 39.6 Å². The van der Waals surface area contributed by atoms with Crippen LogP contribution in [0.2, 0.25) is 0 Å². The molecule has 0 atom stereocenters. The summed E-state index contributed by atoms with van der Waals surface area (Å²) in [4.78, 5) is 26.6. The van der Waals surface area contributed by atoms with Gasteiger partial charge >= 0.3 is 0 Å². The summed E-state index contributed by atoms with van der Waals surface area (Å²) in [6.45, 7) is 3.77. The summed E-state index contributed by atoms with van der Waals surface area (Å²) < 4.78 is 1.75. The predicted octanol–water partition coefficient (Wildman–Crippen LogP) is 4.91. The van der Waals surface area contributed by atoms with Gasteiger partial charge in [0.05, 0.1) is 28.8 Å². The van der Waals surface area contributed by atoms with E-state index in [-0.39, 0.29) is 17.4 Å². The van der Waals surface area contributed by atoms with Crippen LogP contribution in [0.5, 0.6) is 5.75 Å². The summed E-state index contributed by atoms with van der Waals surface area (Å²) in [5, 5.41) is 11.3. The van der Waals surface area contributed by atoms with Crippen molar-refractivity contribution in [2.45, 2.75) is 32.6 Å². The van der Waals surface area contributed by atoms with E-state index in [2.05, 4.69) is 4.98 Å². The van der Waals surface area contributed by atoms with Gasteiger partial charge in [0, 0.05) is 22.4 Å². The number of aryl methyl sites for hydroxylation is 1. The van der Waals surface area contributed by atoms with E-state index in [1.165, 1.54) is 0 Å². The van der Waals surface area contributed by atoms with Crippen LogP contribution in [-0.4, -0.2) is 30.4 Å². The van der Waals surface area contributed by atoms with Crippen LogP contribution in [0.25, 0.3) is 27.8 Å². The number of H-pyrrole nitrogens is 1. The van der Waals surface area contributed by atoms with Gasteiger partial charge in [-0.2, -0.15) is 0 Å². The SMILES string of the molecule is Cc1ccc(O)c(C)c1-n1c(N)c(C(=O)c2cc3ccccc3[nH]2)c2nc(C3CC3)cnc21. The van der Waals surface area contributed by atoms with Crippen molar-refractivity contribution in [2.24, 2.45) is 0 Å². The van der Waals surface area contributed by atoms with Crippen molar-refractivity contribution in [2.75, 3.05) is 5.73 Å². The first kappa shape index (κ1) is 19.5. The molecule has 164 valence electrons. The third-order valence-electron chi connectivity index (χ3n) is 6.54. The lowest BCUT2D eigenvalue weighted by atomic mass is 10.1. The van der Waals surface area contributed by atoms with Crippen LogP contribution in [0.3, 0.4) is 0 Å². The van der Waals surface area contributed by atoms with Crippen LogP contribution in [0, 0.1) is 13.8 Å². The molecule has 1 aliphatic rings. The number of carbonyl (C=O) groups is 1. The Bertz CT molecular complexity index is 1560. The third kappa shape index (κ3) is 2.92. The number of phenolic OH excluding ortho intramolecular Hbond substituents is 1. The molecule has 2 aromatic carbocycles. The largest absolute Gasteiger partial charge is 0.508 e. The number of nitrogens with zero attached hydrogens (tertiary/aromatic N) is 3. The molecule has 1 saturated carbocycles. The lowest BCUT2D eigenvalue weighted by Gasteiger charge is -2.15. The Hall–Kier alpha value is -4.13. The number of fused-ring (bicyclic) bond motifs is 2. The average Bonchev–Trinajstić information content (AvgIpc) is 3.51. The second kappa shape index (κ2) is 6.93. The number of aromatic hydroxyl groups is 1. The van der Waals surface area contributed by atoms with E-state index in [1.807, 2.05) is 50.2 Å². The Kier molecular flexibility index (Phi) is 4.11. The summed E-state index contributed by atoms with van der Waals surface area (Å²) in [6.07, 6.45) is 3.93. The first-order chi connectivity index (χ1) is 15.9. The standard InChI is InChI=1S/C26H23N5O2/c1-13-7-10-20(32)14(2)23(13)31-25(27)21(22-26(31)28-12-19(30-22)15-8-9-15)24(33)18-11-16-5-3-4-6-17(16)29-18/h3-7,10-12,15,29,32H,8-9,27H2,1-2H3. The van der Waals surface area contributed by atoms with Gasteiger partial charge in [-0.05, 0) is 50.5 Å². The van der Waals surface area contributed by atoms with Crippen molar-refractivity contribution in [3.8, 4) is 11.4 Å². The minimum absolute atomic E-state index is 0.155. The molecule has 0 spiro atoms. The van der Waals surface area contributed by atoms with Crippen LogP contribution in [0.4, 0.5) is 5.82 Å². The second-order valence-electron chi connectivity index (χ2n) is 8.81. The van der Waals surface area contributed by atoms with E-state index in [0.717, 1.165) is 35.0 Å². The smallest absolute Gasteiger partial charge is 0.215 e. The van der Waals surface area contributed by atoms with Crippen molar-refractivity contribution >= 4 is 33.7 Å². The fraction of sp³-hybridized carbons (Fsp3) is 0.192. The lowest BCUT2D eigenvalue weighted by Crippen LogP contribution is -2.09. The highest BCUT2D eigenvalue weighted by Gasteiger charge is 2.31. The molecule has 6 rings (SSSR count). The Morgan fingerprint density at radius 1 is 1.18 bits per heavy atom. The Labute approximate surface area is 189 Å². The van der Waals surface area contributed by atoms with E-state index >= 15 is 0 Å². The van der Waals surface area contributed by atoms with Crippen molar-refractivity contribution in [3.05, 3.63) is 76.7 Å². The fourth-order valence-corrected chi connectivity index (χ4v) is 4.60. The molecule has 0 radical (unpaired) electrons. The number of hydrogen-bond acceptors (Lipinski definition) is 5. The number of nitrogen functional groups attached to an aromatic ring is 1. The number of ketones is 1. The van der Waals surface area contributed by atoms with E-state index in [1.54, 1.807) is 16.8 Å². The normalized spacial score (nSPS) is 13.8. The van der Waals surface area contributed by atoms with Gasteiger partial charge in [0.25, 0.3) is 0 Å². The van der Waals surface area contributed by atoms with Crippen molar-refractivity contribution in [1.29, 1.82) is 0 Å². The zero-order chi connectivity index (χ0) is 22.9. The van der Waals surface area contributed by atoms with Gasteiger partial charge in [-0.15, -0.1) is 0 Å². The number of aromatic nitrogens is 4. The monoisotopic (exact) mass is 437 g/mol. The number of para-hydroxylation sites is 1. The number of carbonyl (C=O) groups excluding carboxylic acids is 1. The summed E-state index contributed by atoms with van der Waals surface area (Å²) in [6, 6.07) is 13.1. The highest BCUT2D eigenvalue weighted by Crippen LogP contribution is 2.41. The zero-order valence-electron chi connectivity index (χ0n) is 18.4. The molecule has 33 heavy (non-hydrogen) atoms. The van der Waals surface area contributed by atoms with Crippen molar-refractivity contribution < 1.29 is 9.90 Å². The molecular weight excluding hydrogens is 414 g/mol. The Balaban J connectivity index is 1.64. The van der Waals surface area contributed by atoms with Crippen molar-refractivity contribution in [1.82, 2.24) is 19.5 Å².